The number of hydrogen-bond donors (Lipinski definition) is 1. The summed E-state index contributed by atoms with van der Waals surface area (Å²) in [5.41, 5.74) is 6.76. The van der Waals surface area contributed by atoms with Crippen LogP contribution in [0.3, 0.4) is 0 Å². The first-order chi connectivity index (χ1) is 12.3. The number of benzene rings is 1. The summed E-state index contributed by atoms with van der Waals surface area (Å²) in [6, 6.07) is 14.9. The minimum Gasteiger partial charge on any atom is -0.353 e. The summed E-state index contributed by atoms with van der Waals surface area (Å²) < 4.78 is 0. The van der Waals surface area contributed by atoms with Crippen molar-refractivity contribution in [2.45, 2.75) is 6.92 Å². The topological polar surface area (TPSA) is 41.6 Å². The Hall–Kier alpha value is -2.98. The number of nitrogens with zero attached hydrogens (tertiary/aromatic N) is 2. The molecular formula is C21H15N3S. The van der Waals surface area contributed by atoms with Gasteiger partial charge in [-0.3, -0.25) is 9.97 Å². The van der Waals surface area contributed by atoms with Crippen molar-refractivity contribution in [2.24, 2.45) is 0 Å². The molecule has 0 saturated carbocycles. The Bertz CT molecular complexity index is 1200. The third-order valence-electron chi connectivity index (χ3n) is 4.56. The van der Waals surface area contributed by atoms with Crippen molar-refractivity contribution in [3.05, 3.63) is 72.0 Å². The highest BCUT2D eigenvalue weighted by atomic mass is 32.1. The highest BCUT2D eigenvalue weighted by Gasteiger charge is 2.10. The van der Waals surface area contributed by atoms with Crippen molar-refractivity contribution >= 4 is 33.1 Å². The van der Waals surface area contributed by atoms with Crippen LogP contribution in [0.1, 0.15) is 5.56 Å². The van der Waals surface area contributed by atoms with Gasteiger partial charge in [-0.2, -0.15) is 0 Å². The Balaban J connectivity index is 1.75. The fraction of sp³-hybridized carbons (Fsp3) is 0.0476. The van der Waals surface area contributed by atoms with Crippen LogP contribution in [0.25, 0.3) is 43.5 Å². The first-order valence-electron chi connectivity index (χ1n) is 8.16. The Morgan fingerprint density at radius 1 is 0.920 bits per heavy atom. The van der Waals surface area contributed by atoms with Crippen molar-refractivity contribution in [3.8, 4) is 21.7 Å². The van der Waals surface area contributed by atoms with E-state index in [9.17, 15) is 0 Å². The molecule has 120 valence electrons. The largest absolute Gasteiger partial charge is 0.353 e. The molecule has 1 N–H and O–H groups in total. The number of aryl methyl sites for hydroxylation is 1. The first-order valence-corrected chi connectivity index (χ1v) is 9.04. The molecule has 0 spiro atoms. The van der Waals surface area contributed by atoms with Gasteiger partial charge in [0.05, 0.1) is 17.4 Å². The van der Waals surface area contributed by atoms with Crippen LogP contribution >= 0.6 is 11.3 Å². The fourth-order valence-electron chi connectivity index (χ4n) is 3.28. The number of nitrogens with one attached hydrogen (secondary N) is 1. The third-order valence-corrected chi connectivity index (χ3v) is 5.63. The number of aromatic amines is 1. The zero-order valence-electron chi connectivity index (χ0n) is 13.7. The Kier molecular flexibility index (Phi) is 3.18. The molecule has 0 fully saturated rings. The molecule has 1 aromatic carbocycles. The zero-order chi connectivity index (χ0) is 16.8. The van der Waals surface area contributed by atoms with Gasteiger partial charge in [-0.15, -0.1) is 11.3 Å². The molecule has 0 bridgehead atoms. The maximum Gasteiger partial charge on any atom is 0.0725 e. The van der Waals surface area contributed by atoms with Crippen LogP contribution in [-0.2, 0) is 0 Å². The lowest BCUT2D eigenvalue weighted by atomic mass is 10.1. The molecule has 3 nitrogen and oxygen atoms in total. The van der Waals surface area contributed by atoms with Gasteiger partial charge in [0, 0.05) is 39.1 Å². The van der Waals surface area contributed by atoms with E-state index in [0.29, 0.717) is 0 Å². The monoisotopic (exact) mass is 341 g/mol. The number of aromatic nitrogens is 3. The number of thiophene rings is 1. The van der Waals surface area contributed by atoms with Crippen molar-refractivity contribution in [1.82, 2.24) is 15.0 Å². The molecule has 5 rings (SSSR count). The maximum absolute atomic E-state index is 4.59. The predicted molar refractivity (Wildman–Crippen MR) is 105 cm³/mol. The van der Waals surface area contributed by atoms with E-state index in [1.54, 1.807) is 17.5 Å². The molecule has 0 aliphatic rings. The molecule has 0 saturated heterocycles. The first kappa shape index (κ1) is 14.4. The molecule has 4 heterocycles. The molecule has 4 heteroatoms. The van der Waals surface area contributed by atoms with Gasteiger partial charge in [0.15, 0.2) is 0 Å². The van der Waals surface area contributed by atoms with Gasteiger partial charge in [0.25, 0.3) is 0 Å². The zero-order valence-corrected chi connectivity index (χ0v) is 14.5. The number of pyridine rings is 2. The summed E-state index contributed by atoms with van der Waals surface area (Å²) in [4.78, 5) is 13.6. The van der Waals surface area contributed by atoms with Crippen molar-refractivity contribution in [3.63, 3.8) is 0 Å². The van der Waals surface area contributed by atoms with E-state index in [1.807, 2.05) is 24.5 Å². The van der Waals surface area contributed by atoms with Crippen LogP contribution in [-0.4, -0.2) is 15.0 Å². The average Bonchev–Trinajstić information content (AvgIpc) is 3.24. The van der Waals surface area contributed by atoms with E-state index in [-0.39, 0.29) is 0 Å². The van der Waals surface area contributed by atoms with Crippen molar-refractivity contribution < 1.29 is 0 Å². The lowest BCUT2D eigenvalue weighted by molar-refractivity contribution is 1.29. The Labute approximate surface area is 149 Å². The molecule has 5 aromatic rings. The number of fused-ring (bicyclic) bond motifs is 3. The molecule has 0 amide bonds. The summed E-state index contributed by atoms with van der Waals surface area (Å²) >= 11 is 1.79. The summed E-state index contributed by atoms with van der Waals surface area (Å²) in [6.45, 7) is 2.16. The predicted octanol–water partition coefficient (Wildman–Crippen LogP) is 5.82. The highest BCUT2D eigenvalue weighted by Crippen LogP contribution is 2.34. The Morgan fingerprint density at radius 3 is 2.64 bits per heavy atom. The van der Waals surface area contributed by atoms with Crippen molar-refractivity contribution in [2.75, 3.05) is 0 Å². The third kappa shape index (κ3) is 2.34. The maximum atomic E-state index is 4.59. The van der Waals surface area contributed by atoms with Gasteiger partial charge in [-0.05, 0) is 59.8 Å². The molecule has 0 atom stereocenters. The van der Waals surface area contributed by atoms with Crippen LogP contribution in [0.5, 0.6) is 0 Å². The highest BCUT2D eigenvalue weighted by molar-refractivity contribution is 7.13. The van der Waals surface area contributed by atoms with Crippen LogP contribution in [0, 0.1) is 6.92 Å². The van der Waals surface area contributed by atoms with Crippen LogP contribution in [0.2, 0.25) is 0 Å². The summed E-state index contributed by atoms with van der Waals surface area (Å²) in [6.07, 6.45) is 5.54. The number of hydrogen-bond acceptors (Lipinski definition) is 3. The molecular weight excluding hydrogens is 326 g/mol. The molecule has 0 radical (unpaired) electrons. The Morgan fingerprint density at radius 2 is 1.84 bits per heavy atom. The van der Waals surface area contributed by atoms with Crippen LogP contribution < -0.4 is 0 Å². The summed E-state index contributed by atoms with van der Waals surface area (Å²) in [7, 11) is 0. The molecule has 4 aromatic heterocycles. The van der Waals surface area contributed by atoms with Gasteiger partial charge in [-0.25, -0.2) is 0 Å². The second-order valence-electron chi connectivity index (χ2n) is 6.17. The molecule has 0 aliphatic carbocycles. The van der Waals surface area contributed by atoms with Gasteiger partial charge in [0.1, 0.15) is 0 Å². The fourth-order valence-corrected chi connectivity index (χ4v) is 4.21. The van der Waals surface area contributed by atoms with Crippen LogP contribution in [0.4, 0.5) is 0 Å². The second kappa shape index (κ2) is 5.53. The van der Waals surface area contributed by atoms with E-state index in [2.05, 4.69) is 57.6 Å². The van der Waals surface area contributed by atoms with Gasteiger partial charge in [-0.1, -0.05) is 6.07 Å². The van der Waals surface area contributed by atoms with Crippen LogP contribution in [0.15, 0.2) is 66.4 Å². The van der Waals surface area contributed by atoms with Gasteiger partial charge >= 0.3 is 0 Å². The minimum atomic E-state index is 0.944. The lowest BCUT2D eigenvalue weighted by Gasteiger charge is -2.02. The number of H-pyrrole nitrogens is 1. The van der Waals surface area contributed by atoms with Crippen molar-refractivity contribution in [1.29, 1.82) is 0 Å². The average molecular weight is 341 g/mol. The quantitative estimate of drug-likeness (QED) is 0.440. The normalized spacial score (nSPS) is 11.4. The van der Waals surface area contributed by atoms with Gasteiger partial charge in [0.2, 0.25) is 0 Å². The SMILES string of the molecule is Cc1ccsc1-c1ccc2[nH]c3cnc(-c4cccnc4)cc3c2c1. The van der Waals surface area contributed by atoms with E-state index in [1.165, 1.54) is 26.8 Å². The van der Waals surface area contributed by atoms with E-state index >= 15 is 0 Å². The van der Waals surface area contributed by atoms with E-state index in [4.69, 9.17) is 0 Å². The number of rotatable bonds is 2. The standard InChI is InChI=1S/C21H15N3S/c1-13-6-8-25-21(13)14-4-5-18-16(9-14)17-10-19(23-12-20(17)24-18)15-3-2-7-22-11-15/h2-12,24H,1H3. The van der Waals surface area contributed by atoms with E-state index < -0.39 is 0 Å². The second-order valence-corrected chi connectivity index (χ2v) is 7.09. The molecule has 25 heavy (non-hydrogen) atoms. The van der Waals surface area contributed by atoms with E-state index in [0.717, 1.165) is 22.3 Å². The lowest BCUT2D eigenvalue weighted by Crippen LogP contribution is -1.84. The summed E-state index contributed by atoms with van der Waals surface area (Å²) in [5, 5.41) is 4.57. The minimum absolute atomic E-state index is 0.944. The molecule has 0 aliphatic heterocycles. The smallest absolute Gasteiger partial charge is 0.0725 e. The molecule has 0 unspecified atom stereocenters. The summed E-state index contributed by atoms with van der Waals surface area (Å²) in [5.74, 6) is 0. The van der Waals surface area contributed by atoms with Gasteiger partial charge < -0.3 is 4.98 Å².